The fourth-order valence-corrected chi connectivity index (χ4v) is 6.01. The third-order valence-corrected chi connectivity index (χ3v) is 8.76. The Kier molecular flexibility index (Phi) is 12.5. The van der Waals surface area contributed by atoms with Crippen LogP contribution in [0.1, 0.15) is 41.5 Å². The van der Waals surface area contributed by atoms with Gasteiger partial charge >= 0.3 is 7.82 Å². The molecule has 0 aromatic carbocycles. The maximum atomic E-state index is 15.6. The minimum Gasteiger partial charge on any atom is -0.394 e. The van der Waals surface area contributed by atoms with Gasteiger partial charge in [-0.05, 0) is 0 Å². The predicted molar refractivity (Wildman–Crippen MR) is 138 cm³/mol. The molecule has 199 valence electrons. The van der Waals surface area contributed by atoms with E-state index >= 15 is 4.39 Å². The molecule has 4 atom stereocenters. The molecule has 1 fully saturated rings. The van der Waals surface area contributed by atoms with Gasteiger partial charge in [0.2, 0.25) is 5.67 Å². The van der Waals surface area contributed by atoms with Gasteiger partial charge in [-0.2, -0.15) is 0 Å². The first-order valence-electron chi connectivity index (χ1n) is 11.2. The van der Waals surface area contributed by atoms with Gasteiger partial charge in [0.1, 0.15) is 12.2 Å². The number of alkyl halides is 1. The van der Waals surface area contributed by atoms with Crippen molar-refractivity contribution >= 4 is 48.9 Å². The van der Waals surface area contributed by atoms with Gasteiger partial charge in [0, 0.05) is 22.3 Å². The van der Waals surface area contributed by atoms with Crippen LogP contribution >= 0.6 is 31.3 Å². The molecule has 0 saturated carbocycles. The fourth-order valence-electron chi connectivity index (χ4n) is 2.80. The number of thioether (sulfide) groups is 2. The Morgan fingerprint density at radius 1 is 1.11 bits per heavy atom. The van der Waals surface area contributed by atoms with Crippen molar-refractivity contribution in [3.8, 4) is 12.3 Å². The van der Waals surface area contributed by atoms with Crippen molar-refractivity contribution in [1.82, 2.24) is 0 Å². The third-order valence-electron chi connectivity index (χ3n) is 4.79. The summed E-state index contributed by atoms with van der Waals surface area (Å²) in [6.45, 7) is 11.1. The highest BCUT2D eigenvalue weighted by atomic mass is 32.2. The van der Waals surface area contributed by atoms with Gasteiger partial charge in [0.15, 0.2) is 17.5 Å². The highest BCUT2D eigenvalue weighted by Crippen LogP contribution is 2.54. The van der Waals surface area contributed by atoms with Crippen LogP contribution in [0.15, 0.2) is 0 Å². The normalized spacial score (nSPS) is 25.3. The van der Waals surface area contributed by atoms with Gasteiger partial charge < -0.3 is 9.84 Å². The summed E-state index contributed by atoms with van der Waals surface area (Å²) in [5.41, 5.74) is -3.67. The lowest BCUT2D eigenvalue weighted by molar-refractivity contribution is -0.118. The van der Waals surface area contributed by atoms with Crippen molar-refractivity contribution in [3.05, 3.63) is 0 Å². The number of phosphoric acid groups is 1. The molecule has 0 spiro atoms. The number of halogens is 1. The molecule has 0 unspecified atom stereocenters. The van der Waals surface area contributed by atoms with Crippen molar-refractivity contribution < 1.29 is 42.0 Å². The van der Waals surface area contributed by atoms with Crippen LogP contribution < -0.4 is 0 Å². The average molecular weight is 553 g/mol. The second-order valence-electron chi connectivity index (χ2n) is 9.93. The van der Waals surface area contributed by atoms with Gasteiger partial charge in [-0.25, -0.2) is 8.96 Å². The summed E-state index contributed by atoms with van der Waals surface area (Å²) in [5.74, 6) is 2.28. The molecule has 35 heavy (non-hydrogen) atoms. The summed E-state index contributed by atoms with van der Waals surface area (Å²) in [5, 5.41) is 9.50. The smallest absolute Gasteiger partial charge is 0.394 e. The first-order valence-corrected chi connectivity index (χ1v) is 14.6. The van der Waals surface area contributed by atoms with E-state index in [9.17, 15) is 19.3 Å². The monoisotopic (exact) mass is 553 g/mol. The summed E-state index contributed by atoms with van der Waals surface area (Å²) < 4.78 is 50.8. The summed E-state index contributed by atoms with van der Waals surface area (Å²) in [6.07, 6.45) is 2.55. The lowest BCUT2D eigenvalue weighted by Crippen LogP contribution is -2.46. The lowest BCUT2D eigenvalue weighted by Gasteiger charge is -2.29. The van der Waals surface area contributed by atoms with Crippen molar-refractivity contribution in [2.45, 2.75) is 72.2 Å². The number of ether oxygens (including phenoxy) is 1. The van der Waals surface area contributed by atoms with Crippen molar-refractivity contribution in [1.29, 1.82) is 0 Å². The third kappa shape index (κ3) is 9.46. The quantitative estimate of drug-likeness (QED) is 0.165. The highest BCUT2D eigenvalue weighted by Gasteiger charge is 2.59. The van der Waals surface area contributed by atoms with Crippen LogP contribution in [-0.2, 0) is 32.5 Å². The van der Waals surface area contributed by atoms with Crippen LogP contribution in [0, 0.1) is 23.2 Å². The standard InChI is InChI=1S/C22H36BFO8PS2/c1-9-22(24)16(15(14-25)31-17(22)23-8)32-33(28,29-10-12-34-18(26)20(2,3)4)30-11-13-35-19(27)21(5,6)7/h1,15-17,25H,10-14H2,2-8H3/t15-,16-,17-,22-/m1/s1. The van der Waals surface area contributed by atoms with E-state index in [0.29, 0.717) is 0 Å². The second kappa shape index (κ2) is 13.4. The molecule has 0 bridgehead atoms. The fraction of sp³-hybridized carbons (Fsp3) is 0.818. The number of terminal acetylenes is 1. The molecular formula is C22H36BFO8PS2. The molecule has 1 heterocycles. The summed E-state index contributed by atoms with van der Waals surface area (Å²) in [6, 6.07) is -1.21. The molecule has 0 amide bonds. The average Bonchev–Trinajstić information content (AvgIpc) is 3.03. The molecule has 8 nitrogen and oxygen atoms in total. The molecule has 13 heteroatoms. The van der Waals surface area contributed by atoms with E-state index in [1.807, 2.05) is 5.92 Å². The first kappa shape index (κ1) is 32.7. The van der Waals surface area contributed by atoms with E-state index in [2.05, 4.69) is 0 Å². The number of rotatable bonds is 12. The Hall–Kier alpha value is -0.375. The first-order chi connectivity index (χ1) is 16.0. The topological polar surface area (TPSA) is 108 Å². The molecule has 0 aromatic rings. The number of carbonyl (C=O) groups excluding carboxylic acids is 2. The number of carbonyl (C=O) groups is 2. The molecular weight excluding hydrogens is 517 g/mol. The van der Waals surface area contributed by atoms with Crippen molar-refractivity contribution in [2.24, 2.45) is 10.8 Å². The Balaban J connectivity index is 2.96. The van der Waals surface area contributed by atoms with Crippen molar-refractivity contribution in [2.75, 3.05) is 31.3 Å². The minimum atomic E-state index is -4.44. The Labute approximate surface area is 217 Å². The van der Waals surface area contributed by atoms with Gasteiger partial charge in [-0.1, -0.05) is 77.8 Å². The number of hydrogen-bond donors (Lipinski definition) is 1. The van der Waals surface area contributed by atoms with Crippen LogP contribution in [0.4, 0.5) is 4.39 Å². The van der Waals surface area contributed by atoms with Gasteiger partial charge in [0.05, 0.1) is 25.8 Å². The molecule has 1 aliphatic heterocycles. The zero-order valence-corrected chi connectivity index (χ0v) is 23.9. The molecule has 1 aliphatic rings. The number of hydrogen-bond acceptors (Lipinski definition) is 10. The van der Waals surface area contributed by atoms with Crippen LogP contribution in [0.3, 0.4) is 0 Å². The lowest BCUT2D eigenvalue weighted by atomic mass is 9.67. The summed E-state index contributed by atoms with van der Waals surface area (Å²) >= 11 is 1.99. The number of aliphatic hydroxyl groups excluding tert-OH is 1. The van der Waals surface area contributed by atoms with E-state index < -0.39 is 49.1 Å². The Morgan fingerprint density at radius 2 is 1.57 bits per heavy atom. The van der Waals surface area contributed by atoms with E-state index in [1.165, 1.54) is 14.1 Å². The Bertz CT molecular complexity index is 788. The summed E-state index contributed by atoms with van der Waals surface area (Å²) in [4.78, 5) is 24.2. The van der Waals surface area contributed by atoms with Crippen LogP contribution in [0.25, 0.3) is 0 Å². The molecule has 0 aromatic heterocycles. The molecule has 1 N–H and O–H groups in total. The molecule has 1 saturated heterocycles. The zero-order valence-electron chi connectivity index (χ0n) is 21.4. The Morgan fingerprint density at radius 3 is 1.91 bits per heavy atom. The van der Waals surface area contributed by atoms with E-state index in [4.69, 9.17) is 24.7 Å². The van der Waals surface area contributed by atoms with Gasteiger partial charge in [-0.3, -0.25) is 23.2 Å². The zero-order chi connectivity index (χ0) is 27.1. The van der Waals surface area contributed by atoms with Gasteiger partial charge in [0.25, 0.3) is 0 Å². The largest absolute Gasteiger partial charge is 0.475 e. The van der Waals surface area contributed by atoms with Crippen molar-refractivity contribution in [3.63, 3.8) is 0 Å². The highest BCUT2D eigenvalue weighted by molar-refractivity contribution is 8.14. The van der Waals surface area contributed by atoms with Crippen LogP contribution in [0.2, 0.25) is 6.82 Å². The maximum Gasteiger partial charge on any atom is 0.475 e. The minimum absolute atomic E-state index is 0.0872. The maximum absolute atomic E-state index is 15.6. The molecule has 0 aliphatic carbocycles. The second-order valence-corrected chi connectivity index (χ2v) is 13.7. The SMILES string of the molecule is C#C[C@]1(F)[C@H]([B]C)O[C@H](CO)[C@H]1OP(=O)(OCCSC(=O)C(C)(C)C)OCCSC(=O)C(C)(C)C. The molecule has 1 rings (SSSR count). The number of aliphatic hydroxyl groups is 1. The predicted octanol–water partition coefficient (Wildman–Crippen LogP) is 3.94. The van der Waals surface area contributed by atoms with E-state index in [1.54, 1.807) is 41.5 Å². The van der Waals surface area contributed by atoms with Gasteiger partial charge in [-0.15, -0.1) is 6.42 Å². The molecule has 1 radical (unpaired) electrons. The van der Waals surface area contributed by atoms with E-state index in [-0.39, 0.29) is 35.0 Å². The van der Waals surface area contributed by atoms with Crippen LogP contribution in [-0.4, -0.2) is 77.8 Å². The van der Waals surface area contributed by atoms with Crippen LogP contribution in [0.5, 0.6) is 0 Å². The van der Waals surface area contributed by atoms with E-state index in [0.717, 1.165) is 23.5 Å². The number of phosphoric ester groups is 1. The summed E-state index contributed by atoms with van der Waals surface area (Å²) in [7, 11) is -3.06.